The second kappa shape index (κ2) is 4.47. The molecule has 0 spiro atoms. The number of rotatable bonds is 4. The van der Waals surface area contributed by atoms with Crippen molar-refractivity contribution in [3.63, 3.8) is 0 Å². The van der Waals surface area contributed by atoms with Crippen LogP contribution in [0.5, 0.6) is 5.75 Å². The highest BCUT2D eigenvalue weighted by atomic mass is 16.5. The summed E-state index contributed by atoms with van der Waals surface area (Å²) in [5, 5.41) is 0. The van der Waals surface area contributed by atoms with Gasteiger partial charge in [-0.1, -0.05) is 25.1 Å². The van der Waals surface area contributed by atoms with Gasteiger partial charge in [0.1, 0.15) is 5.75 Å². The second-order valence-electron chi connectivity index (χ2n) is 4.00. The van der Waals surface area contributed by atoms with Crippen molar-refractivity contribution in [1.29, 1.82) is 0 Å². The Morgan fingerprint density at radius 1 is 1.36 bits per heavy atom. The van der Waals surface area contributed by atoms with E-state index >= 15 is 0 Å². The van der Waals surface area contributed by atoms with Crippen LogP contribution in [0.15, 0.2) is 24.3 Å². The quantitative estimate of drug-likeness (QED) is 0.796. The number of methoxy groups -OCH3 is 1. The first kappa shape index (κ1) is 11.1. The minimum absolute atomic E-state index is 0.144. The van der Waals surface area contributed by atoms with Gasteiger partial charge in [0.2, 0.25) is 0 Å². The molecule has 78 valence electrons. The van der Waals surface area contributed by atoms with E-state index in [1.165, 1.54) is 5.56 Å². The third-order valence-electron chi connectivity index (χ3n) is 2.59. The van der Waals surface area contributed by atoms with Gasteiger partial charge in [0, 0.05) is 5.54 Å². The fraction of sp³-hybridized carbons (Fsp3) is 0.500. The van der Waals surface area contributed by atoms with E-state index in [0.29, 0.717) is 0 Å². The van der Waals surface area contributed by atoms with Crippen molar-refractivity contribution in [1.82, 2.24) is 0 Å². The molecule has 0 bridgehead atoms. The minimum atomic E-state index is -0.144. The molecule has 1 unspecified atom stereocenters. The van der Waals surface area contributed by atoms with Gasteiger partial charge in [0.15, 0.2) is 0 Å². The highest BCUT2D eigenvalue weighted by Gasteiger charge is 2.18. The van der Waals surface area contributed by atoms with Crippen LogP contribution in [0.3, 0.4) is 0 Å². The van der Waals surface area contributed by atoms with Crippen molar-refractivity contribution >= 4 is 0 Å². The van der Waals surface area contributed by atoms with Crippen molar-refractivity contribution in [2.45, 2.75) is 32.2 Å². The highest BCUT2D eigenvalue weighted by Crippen LogP contribution is 2.22. The molecule has 0 amide bonds. The van der Waals surface area contributed by atoms with E-state index in [0.717, 1.165) is 18.6 Å². The molecule has 1 rings (SSSR count). The van der Waals surface area contributed by atoms with Gasteiger partial charge < -0.3 is 10.5 Å². The van der Waals surface area contributed by atoms with Gasteiger partial charge in [-0.05, 0) is 31.4 Å². The first-order valence-corrected chi connectivity index (χ1v) is 5.00. The molecule has 0 saturated heterocycles. The molecule has 1 atom stereocenters. The maximum atomic E-state index is 6.12. The predicted octanol–water partition coefficient (Wildman–Crippen LogP) is 2.37. The van der Waals surface area contributed by atoms with Crippen LogP contribution in [-0.2, 0) is 6.42 Å². The number of ether oxygens (including phenoxy) is 1. The summed E-state index contributed by atoms with van der Waals surface area (Å²) in [6.45, 7) is 4.18. The molecule has 0 heterocycles. The zero-order valence-electron chi connectivity index (χ0n) is 9.21. The lowest BCUT2D eigenvalue weighted by Gasteiger charge is -2.23. The first-order valence-electron chi connectivity index (χ1n) is 5.00. The topological polar surface area (TPSA) is 35.2 Å². The van der Waals surface area contributed by atoms with E-state index in [9.17, 15) is 0 Å². The molecule has 14 heavy (non-hydrogen) atoms. The first-order chi connectivity index (χ1) is 6.59. The van der Waals surface area contributed by atoms with Crippen molar-refractivity contribution < 1.29 is 4.74 Å². The molecular weight excluding hydrogens is 174 g/mol. The summed E-state index contributed by atoms with van der Waals surface area (Å²) < 4.78 is 5.28. The van der Waals surface area contributed by atoms with E-state index in [1.807, 2.05) is 18.2 Å². The normalized spacial score (nSPS) is 14.9. The third kappa shape index (κ3) is 2.74. The monoisotopic (exact) mass is 193 g/mol. The Hall–Kier alpha value is -1.02. The average molecular weight is 193 g/mol. The van der Waals surface area contributed by atoms with E-state index in [4.69, 9.17) is 10.5 Å². The van der Waals surface area contributed by atoms with Crippen LogP contribution < -0.4 is 10.5 Å². The highest BCUT2D eigenvalue weighted by molar-refractivity contribution is 5.34. The SMILES string of the molecule is CCC(C)(N)Cc1ccccc1OC. The molecule has 2 nitrogen and oxygen atoms in total. The summed E-state index contributed by atoms with van der Waals surface area (Å²) in [6, 6.07) is 8.03. The van der Waals surface area contributed by atoms with Crippen LogP contribution >= 0.6 is 0 Å². The Kier molecular flexibility index (Phi) is 3.53. The Morgan fingerprint density at radius 3 is 2.57 bits per heavy atom. The van der Waals surface area contributed by atoms with E-state index in [2.05, 4.69) is 19.9 Å². The molecule has 1 aromatic rings. The summed E-state index contributed by atoms with van der Waals surface area (Å²) in [4.78, 5) is 0. The average Bonchev–Trinajstić information content (AvgIpc) is 2.18. The van der Waals surface area contributed by atoms with Crippen molar-refractivity contribution in [2.24, 2.45) is 5.73 Å². The minimum Gasteiger partial charge on any atom is -0.496 e. The van der Waals surface area contributed by atoms with E-state index in [1.54, 1.807) is 7.11 Å². The van der Waals surface area contributed by atoms with Crippen molar-refractivity contribution in [3.8, 4) is 5.75 Å². The van der Waals surface area contributed by atoms with Gasteiger partial charge in [-0.2, -0.15) is 0 Å². The summed E-state index contributed by atoms with van der Waals surface area (Å²) in [5.74, 6) is 0.928. The Morgan fingerprint density at radius 2 is 2.00 bits per heavy atom. The summed E-state index contributed by atoms with van der Waals surface area (Å²) in [6.07, 6.45) is 1.82. The third-order valence-corrected chi connectivity index (χ3v) is 2.59. The lowest BCUT2D eigenvalue weighted by molar-refractivity contribution is 0.394. The van der Waals surface area contributed by atoms with Crippen molar-refractivity contribution in [3.05, 3.63) is 29.8 Å². The molecule has 0 aliphatic heterocycles. The molecule has 0 aromatic heterocycles. The van der Waals surface area contributed by atoms with Crippen LogP contribution in [-0.4, -0.2) is 12.6 Å². The van der Waals surface area contributed by atoms with Crippen LogP contribution in [0.2, 0.25) is 0 Å². The molecule has 2 N–H and O–H groups in total. The maximum Gasteiger partial charge on any atom is 0.122 e. The Labute approximate surface area is 86.1 Å². The Bertz CT molecular complexity index is 294. The molecule has 2 heteroatoms. The fourth-order valence-electron chi connectivity index (χ4n) is 1.41. The smallest absolute Gasteiger partial charge is 0.122 e. The Balaban J connectivity index is 2.85. The van der Waals surface area contributed by atoms with Crippen LogP contribution in [0, 0.1) is 0 Å². The van der Waals surface area contributed by atoms with Crippen LogP contribution in [0.1, 0.15) is 25.8 Å². The summed E-state index contributed by atoms with van der Waals surface area (Å²) in [7, 11) is 1.69. The maximum absolute atomic E-state index is 6.12. The van der Waals surface area contributed by atoms with Crippen molar-refractivity contribution in [2.75, 3.05) is 7.11 Å². The van der Waals surface area contributed by atoms with Gasteiger partial charge >= 0.3 is 0 Å². The van der Waals surface area contributed by atoms with Gasteiger partial charge in [0.25, 0.3) is 0 Å². The molecular formula is C12H19NO. The van der Waals surface area contributed by atoms with Crippen LogP contribution in [0.4, 0.5) is 0 Å². The van der Waals surface area contributed by atoms with Crippen LogP contribution in [0.25, 0.3) is 0 Å². The predicted molar refractivity (Wildman–Crippen MR) is 59.6 cm³/mol. The number of hydrogen-bond acceptors (Lipinski definition) is 2. The number of para-hydroxylation sites is 1. The van der Waals surface area contributed by atoms with Gasteiger partial charge in [-0.25, -0.2) is 0 Å². The molecule has 0 aliphatic carbocycles. The molecule has 0 saturated carbocycles. The summed E-state index contributed by atoms with van der Waals surface area (Å²) >= 11 is 0. The second-order valence-corrected chi connectivity index (χ2v) is 4.00. The lowest BCUT2D eigenvalue weighted by atomic mass is 9.91. The zero-order chi connectivity index (χ0) is 10.6. The molecule has 0 fully saturated rings. The largest absolute Gasteiger partial charge is 0.496 e. The van der Waals surface area contributed by atoms with Gasteiger partial charge in [-0.15, -0.1) is 0 Å². The standard InChI is InChI=1S/C12H19NO/c1-4-12(2,13)9-10-7-5-6-8-11(10)14-3/h5-8H,4,9,13H2,1-3H3. The van der Waals surface area contributed by atoms with Gasteiger partial charge in [0.05, 0.1) is 7.11 Å². The molecule has 0 radical (unpaired) electrons. The number of benzene rings is 1. The van der Waals surface area contributed by atoms with Gasteiger partial charge in [-0.3, -0.25) is 0 Å². The summed E-state index contributed by atoms with van der Waals surface area (Å²) in [5.41, 5.74) is 7.15. The fourth-order valence-corrected chi connectivity index (χ4v) is 1.41. The molecule has 1 aromatic carbocycles. The van der Waals surface area contributed by atoms with E-state index < -0.39 is 0 Å². The molecule has 0 aliphatic rings. The zero-order valence-corrected chi connectivity index (χ0v) is 9.21. The number of hydrogen-bond donors (Lipinski definition) is 1. The van der Waals surface area contributed by atoms with E-state index in [-0.39, 0.29) is 5.54 Å². The lowest BCUT2D eigenvalue weighted by Crippen LogP contribution is -2.37. The number of nitrogens with two attached hydrogens (primary N) is 1.